The molecular formula is C10H18O3. The Morgan fingerprint density at radius 2 is 2.31 bits per heavy atom. The van der Waals surface area contributed by atoms with Gasteiger partial charge in [0, 0.05) is 6.42 Å². The Morgan fingerprint density at radius 3 is 2.85 bits per heavy atom. The van der Waals surface area contributed by atoms with Crippen LogP contribution in [-0.4, -0.2) is 18.9 Å². The van der Waals surface area contributed by atoms with Crippen molar-refractivity contribution in [2.45, 2.75) is 39.2 Å². The van der Waals surface area contributed by atoms with Crippen molar-refractivity contribution in [1.29, 1.82) is 0 Å². The maximum absolute atomic E-state index is 10.9. The third kappa shape index (κ3) is 7.37. The minimum absolute atomic E-state index is 0.147. The van der Waals surface area contributed by atoms with Crippen LogP contribution in [-0.2, 0) is 9.47 Å². The van der Waals surface area contributed by atoms with Crippen LogP contribution in [0, 0.1) is 0 Å². The molecule has 0 N–H and O–H groups in total. The van der Waals surface area contributed by atoms with Crippen LogP contribution in [0.1, 0.15) is 33.1 Å². The molecule has 0 radical (unpaired) electrons. The van der Waals surface area contributed by atoms with Crippen molar-refractivity contribution in [1.82, 2.24) is 0 Å². The van der Waals surface area contributed by atoms with E-state index >= 15 is 0 Å². The summed E-state index contributed by atoms with van der Waals surface area (Å²) in [6.45, 7) is 7.84. The second-order valence-corrected chi connectivity index (χ2v) is 2.90. The smallest absolute Gasteiger partial charge is 0.434 e. The van der Waals surface area contributed by atoms with Gasteiger partial charge < -0.3 is 9.47 Å². The van der Waals surface area contributed by atoms with Gasteiger partial charge in [-0.2, -0.15) is 0 Å². The van der Waals surface area contributed by atoms with Crippen molar-refractivity contribution in [3.8, 4) is 0 Å². The normalized spacial score (nSPS) is 11.8. The molecule has 0 aromatic rings. The first-order valence-corrected chi connectivity index (χ1v) is 4.65. The molecule has 0 saturated heterocycles. The van der Waals surface area contributed by atoms with Crippen molar-refractivity contribution < 1.29 is 14.3 Å². The number of unbranched alkanes of at least 4 members (excludes halogenated alkanes) is 1. The van der Waals surface area contributed by atoms with E-state index in [1.54, 1.807) is 6.08 Å². The third-order valence-electron chi connectivity index (χ3n) is 1.51. The van der Waals surface area contributed by atoms with Gasteiger partial charge in [0.1, 0.15) is 6.10 Å². The molecular weight excluding hydrogens is 168 g/mol. The van der Waals surface area contributed by atoms with E-state index in [1.807, 2.05) is 13.8 Å². The molecule has 0 aliphatic rings. The van der Waals surface area contributed by atoms with Crippen molar-refractivity contribution in [2.75, 3.05) is 6.61 Å². The fourth-order valence-corrected chi connectivity index (χ4v) is 0.781. The first-order chi connectivity index (χ1) is 6.20. The molecule has 13 heavy (non-hydrogen) atoms. The summed E-state index contributed by atoms with van der Waals surface area (Å²) < 4.78 is 9.71. The van der Waals surface area contributed by atoms with Crippen molar-refractivity contribution in [2.24, 2.45) is 0 Å². The molecule has 0 aliphatic carbocycles. The molecule has 3 nitrogen and oxygen atoms in total. The van der Waals surface area contributed by atoms with Crippen molar-refractivity contribution in [3.63, 3.8) is 0 Å². The summed E-state index contributed by atoms with van der Waals surface area (Å²) in [6, 6.07) is 0. The Kier molecular flexibility index (Phi) is 7.07. The Morgan fingerprint density at radius 1 is 1.62 bits per heavy atom. The van der Waals surface area contributed by atoms with Crippen LogP contribution in [0.5, 0.6) is 0 Å². The van der Waals surface area contributed by atoms with Crippen LogP contribution in [0.25, 0.3) is 0 Å². The van der Waals surface area contributed by atoms with Gasteiger partial charge in [-0.25, -0.2) is 4.79 Å². The molecule has 0 spiro atoms. The van der Waals surface area contributed by atoms with E-state index in [0.717, 1.165) is 12.8 Å². The molecule has 0 amide bonds. The standard InChI is InChI=1S/C10H18O3/c1-4-6-8-12-10(11)13-9(3)7-5-2/h5,9H,2,4,6-8H2,1,3H3. The highest BCUT2D eigenvalue weighted by Crippen LogP contribution is 2.00. The van der Waals surface area contributed by atoms with E-state index in [0.29, 0.717) is 13.0 Å². The maximum Gasteiger partial charge on any atom is 0.508 e. The number of carbonyl (C=O) groups is 1. The lowest BCUT2D eigenvalue weighted by atomic mass is 10.3. The van der Waals surface area contributed by atoms with Gasteiger partial charge in [0.2, 0.25) is 0 Å². The Bertz CT molecular complexity index is 154. The molecule has 0 aromatic carbocycles. The van der Waals surface area contributed by atoms with E-state index in [2.05, 4.69) is 6.58 Å². The van der Waals surface area contributed by atoms with Crippen LogP contribution in [0.2, 0.25) is 0 Å². The van der Waals surface area contributed by atoms with Gasteiger partial charge in [-0.3, -0.25) is 0 Å². The highest BCUT2D eigenvalue weighted by molar-refractivity contribution is 5.60. The fourth-order valence-electron chi connectivity index (χ4n) is 0.781. The third-order valence-corrected chi connectivity index (χ3v) is 1.51. The highest BCUT2D eigenvalue weighted by atomic mass is 16.7. The second-order valence-electron chi connectivity index (χ2n) is 2.90. The quantitative estimate of drug-likeness (QED) is 0.363. The summed E-state index contributed by atoms with van der Waals surface area (Å²) in [6.07, 6.45) is 3.53. The van der Waals surface area contributed by atoms with Gasteiger partial charge >= 0.3 is 6.16 Å². The van der Waals surface area contributed by atoms with Crippen LogP contribution in [0.4, 0.5) is 4.79 Å². The van der Waals surface area contributed by atoms with E-state index < -0.39 is 6.16 Å². The monoisotopic (exact) mass is 186 g/mol. The number of hydrogen-bond acceptors (Lipinski definition) is 3. The zero-order valence-corrected chi connectivity index (χ0v) is 8.41. The first-order valence-electron chi connectivity index (χ1n) is 4.65. The summed E-state index contributed by atoms with van der Waals surface area (Å²) in [5.74, 6) is 0. The topological polar surface area (TPSA) is 35.5 Å². The SMILES string of the molecule is C=CCC(C)OC(=O)OCCCC. The van der Waals surface area contributed by atoms with Crippen LogP contribution in [0.3, 0.4) is 0 Å². The number of rotatable bonds is 6. The summed E-state index contributed by atoms with van der Waals surface area (Å²) in [4.78, 5) is 10.9. The number of carbonyl (C=O) groups excluding carboxylic acids is 1. The van der Waals surface area contributed by atoms with Gasteiger partial charge in [-0.15, -0.1) is 6.58 Å². The molecule has 1 atom stereocenters. The Balaban J connectivity index is 3.43. The van der Waals surface area contributed by atoms with E-state index in [9.17, 15) is 4.79 Å². The van der Waals surface area contributed by atoms with Gasteiger partial charge in [-0.1, -0.05) is 19.4 Å². The van der Waals surface area contributed by atoms with Gasteiger partial charge in [0.25, 0.3) is 0 Å². The largest absolute Gasteiger partial charge is 0.508 e. The predicted molar refractivity (Wildman–Crippen MR) is 51.6 cm³/mol. The summed E-state index contributed by atoms with van der Waals surface area (Å²) >= 11 is 0. The van der Waals surface area contributed by atoms with Gasteiger partial charge in [0.15, 0.2) is 0 Å². The number of hydrogen-bond donors (Lipinski definition) is 0. The molecule has 0 fully saturated rings. The van der Waals surface area contributed by atoms with Crippen LogP contribution in [0.15, 0.2) is 12.7 Å². The summed E-state index contributed by atoms with van der Waals surface area (Å²) in [5, 5.41) is 0. The molecule has 1 unspecified atom stereocenters. The van der Waals surface area contributed by atoms with E-state index in [-0.39, 0.29) is 6.10 Å². The Hall–Kier alpha value is -0.990. The summed E-state index contributed by atoms with van der Waals surface area (Å²) in [7, 11) is 0. The average Bonchev–Trinajstić information content (AvgIpc) is 2.05. The minimum Gasteiger partial charge on any atom is -0.434 e. The molecule has 76 valence electrons. The lowest BCUT2D eigenvalue weighted by molar-refractivity contribution is 0.0295. The molecule has 0 rings (SSSR count). The van der Waals surface area contributed by atoms with Gasteiger partial charge in [0.05, 0.1) is 6.61 Å². The van der Waals surface area contributed by atoms with E-state index in [4.69, 9.17) is 9.47 Å². The second kappa shape index (κ2) is 7.65. The molecule has 0 saturated carbocycles. The van der Waals surface area contributed by atoms with Gasteiger partial charge in [-0.05, 0) is 13.3 Å². The van der Waals surface area contributed by atoms with Crippen molar-refractivity contribution in [3.05, 3.63) is 12.7 Å². The Labute approximate surface area is 79.7 Å². The lowest BCUT2D eigenvalue weighted by Crippen LogP contribution is -2.15. The number of ether oxygens (including phenoxy) is 2. The van der Waals surface area contributed by atoms with Crippen LogP contribution < -0.4 is 0 Å². The maximum atomic E-state index is 10.9. The average molecular weight is 186 g/mol. The van der Waals surface area contributed by atoms with E-state index in [1.165, 1.54) is 0 Å². The molecule has 3 heteroatoms. The first kappa shape index (κ1) is 12.0. The fraction of sp³-hybridized carbons (Fsp3) is 0.700. The molecule has 0 heterocycles. The molecule has 0 bridgehead atoms. The summed E-state index contributed by atoms with van der Waals surface area (Å²) in [5.41, 5.74) is 0. The van der Waals surface area contributed by atoms with Crippen molar-refractivity contribution >= 4 is 6.16 Å². The highest BCUT2D eigenvalue weighted by Gasteiger charge is 2.08. The zero-order valence-electron chi connectivity index (χ0n) is 8.41. The van der Waals surface area contributed by atoms with Crippen LogP contribution >= 0.6 is 0 Å². The molecule has 0 aromatic heterocycles. The predicted octanol–water partition coefficient (Wildman–Crippen LogP) is 2.90. The lowest BCUT2D eigenvalue weighted by Gasteiger charge is -2.10. The molecule has 0 aliphatic heterocycles. The zero-order chi connectivity index (χ0) is 10.1. The minimum atomic E-state index is -0.581.